The smallest absolute Gasteiger partial charge is 0.311 e. The topological polar surface area (TPSA) is 92.4 Å². The molecule has 0 spiro atoms. The number of esters is 1. The first kappa shape index (κ1) is 16.5. The van der Waals surface area contributed by atoms with Crippen LogP contribution in [0.15, 0.2) is 16.0 Å². The fourth-order valence-electron chi connectivity index (χ4n) is 2.26. The molecule has 0 radical (unpaired) electrons. The fourth-order valence-corrected chi connectivity index (χ4v) is 3.18. The van der Waals surface area contributed by atoms with Crippen LogP contribution in [0.25, 0.3) is 0 Å². The molecule has 0 unspecified atom stereocenters. The van der Waals surface area contributed by atoms with E-state index < -0.39 is 5.97 Å². The molecule has 1 aliphatic heterocycles. The number of nitrogens with one attached hydrogen (secondary N) is 1. The van der Waals surface area contributed by atoms with E-state index in [1.807, 2.05) is 4.90 Å². The van der Waals surface area contributed by atoms with Gasteiger partial charge in [-0.25, -0.2) is 4.98 Å². The summed E-state index contributed by atoms with van der Waals surface area (Å²) in [4.78, 5) is 43.8. The standard InChI is InChI=1S/C14H19N3O4S/c1-9(13(20)17-5-3-4-6-17)22-14-15-10(7-11(18)16-14)8-12(19)21-2/h7,9H,3-6,8H2,1-2H3,(H,15,16,18)/t9-/m0/s1. The van der Waals surface area contributed by atoms with E-state index in [1.54, 1.807) is 6.92 Å². The van der Waals surface area contributed by atoms with Gasteiger partial charge >= 0.3 is 5.97 Å². The molecule has 0 saturated carbocycles. The van der Waals surface area contributed by atoms with Crippen molar-refractivity contribution in [2.75, 3.05) is 20.2 Å². The van der Waals surface area contributed by atoms with Crippen molar-refractivity contribution >= 4 is 23.6 Å². The van der Waals surface area contributed by atoms with Crippen LogP contribution in [0.4, 0.5) is 0 Å². The van der Waals surface area contributed by atoms with Crippen molar-refractivity contribution in [2.45, 2.75) is 36.6 Å². The lowest BCUT2D eigenvalue weighted by Gasteiger charge is -2.19. The molecule has 1 atom stereocenters. The summed E-state index contributed by atoms with van der Waals surface area (Å²) in [6, 6.07) is 1.26. The molecule has 2 heterocycles. The number of carbonyl (C=O) groups excluding carboxylic acids is 2. The van der Waals surface area contributed by atoms with E-state index in [9.17, 15) is 14.4 Å². The monoisotopic (exact) mass is 325 g/mol. The Morgan fingerprint density at radius 3 is 2.77 bits per heavy atom. The van der Waals surface area contributed by atoms with Gasteiger partial charge in [-0.3, -0.25) is 14.4 Å². The summed E-state index contributed by atoms with van der Waals surface area (Å²) in [5, 5.41) is 0.000997. The average Bonchev–Trinajstić information content (AvgIpc) is 2.99. The number of hydrogen-bond donors (Lipinski definition) is 1. The first-order chi connectivity index (χ1) is 10.5. The lowest BCUT2D eigenvalue weighted by Crippen LogP contribution is -2.34. The maximum atomic E-state index is 12.3. The molecule has 7 nitrogen and oxygen atoms in total. The lowest BCUT2D eigenvalue weighted by atomic mass is 10.3. The molecule has 2 rings (SSSR count). The summed E-state index contributed by atoms with van der Waals surface area (Å²) >= 11 is 1.19. The molecular weight excluding hydrogens is 306 g/mol. The summed E-state index contributed by atoms with van der Waals surface area (Å²) < 4.78 is 4.56. The molecule has 22 heavy (non-hydrogen) atoms. The highest BCUT2D eigenvalue weighted by Crippen LogP contribution is 2.22. The first-order valence-corrected chi connectivity index (χ1v) is 8.00. The van der Waals surface area contributed by atoms with Crippen molar-refractivity contribution in [3.8, 4) is 0 Å². The molecule has 8 heteroatoms. The second-order valence-corrected chi connectivity index (χ2v) is 6.42. The predicted molar refractivity (Wildman–Crippen MR) is 81.7 cm³/mol. The number of thioether (sulfide) groups is 1. The molecule has 1 aromatic rings. The minimum Gasteiger partial charge on any atom is -0.469 e. The number of hydrogen-bond acceptors (Lipinski definition) is 6. The van der Waals surface area contributed by atoms with E-state index in [0.717, 1.165) is 25.9 Å². The number of amides is 1. The average molecular weight is 325 g/mol. The quantitative estimate of drug-likeness (QED) is 0.484. The molecule has 0 bridgehead atoms. The number of aromatic nitrogens is 2. The van der Waals surface area contributed by atoms with Crippen LogP contribution in [0.3, 0.4) is 0 Å². The minimum atomic E-state index is -0.463. The fraction of sp³-hybridized carbons (Fsp3) is 0.571. The number of ether oxygens (including phenoxy) is 1. The Balaban J connectivity index is 2.06. The van der Waals surface area contributed by atoms with E-state index >= 15 is 0 Å². The summed E-state index contributed by atoms with van der Waals surface area (Å²) in [5.41, 5.74) is -0.0175. The van der Waals surface area contributed by atoms with E-state index in [-0.39, 0.29) is 23.1 Å². The molecule has 1 aliphatic rings. The van der Waals surface area contributed by atoms with Crippen LogP contribution < -0.4 is 5.56 Å². The van der Waals surface area contributed by atoms with Crippen LogP contribution >= 0.6 is 11.8 Å². The third-order valence-corrected chi connectivity index (χ3v) is 4.35. The molecule has 1 N–H and O–H groups in total. The van der Waals surface area contributed by atoms with Crippen molar-refractivity contribution in [3.05, 3.63) is 22.1 Å². The minimum absolute atomic E-state index is 0.0449. The summed E-state index contributed by atoms with van der Waals surface area (Å²) in [6.07, 6.45) is 2.00. The van der Waals surface area contributed by atoms with Crippen molar-refractivity contribution < 1.29 is 14.3 Å². The number of rotatable bonds is 5. The van der Waals surface area contributed by atoms with Gasteiger partial charge in [0.15, 0.2) is 5.16 Å². The first-order valence-electron chi connectivity index (χ1n) is 7.12. The van der Waals surface area contributed by atoms with Crippen LogP contribution in [0.2, 0.25) is 0 Å². The van der Waals surface area contributed by atoms with Crippen LogP contribution in [-0.2, 0) is 20.7 Å². The maximum Gasteiger partial charge on any atom is 0.311 e. The van der Waals surface area contributed by atoms with Crippen LogP contribution in [-0.4, -0.2) is 52.2 Å². The zero-order valence-corrected chi connectivity index (χ0v) is 13.4. The van der Waals surface area contributed by atoms with Crippen LogP contribution in [0, 0.1) is 0 Å². The lowest BCUT2D eigenvalue weighted by molar-refractivity contribution is -0.139. The van der Waals surface area contributed by atoms with E-state index in [0.29, 0.717) is 10.9 Å². The predicted octanol–water partition coefficient (Wildman–Crippen LogP) is 0.588. The van der Waals surface area contributed by atoms with Gasteiger partial charge in [0.1, 0.15) is 0 Å². The maximum absolute atomic E-state index is 12.3. The Morgan fingerprint density at radius 2 is 2.14 bits per heavy atom. The van der Waals surface area contributed by atoms with Crippen LogP contribution in [0.1, 0.15) is 25.5 Å². The van der Waals surface area contributed by atoms with Crippen LogP contribution in [0.5, 0.6) is 0 Å². The zero-order valence-electron chi connectivity index (χ0n) is 12.6. The van der Waals surface area contributed by atoms with Gasteiger partial charge in [-0.1, -0.05) is 11.8 Å². The van der Waals surface area contributed by atoms with E-state index in [4.69, 9.17) is 0 Å². The van der Waals surface area contributed by atoms with Crippen molar-refractivity contribution in [1.29, 1.82) is 0 Å². The molecule has 0 aromatic carbocycles. The summed E-state index contributed by atoms with van der Waals surface area (Å²) in [5.74, 6) is -0.418. The van der Waals surface area contributed by atoms with E-state index in [2.05, 4.69) is 14.7 Å². The van der Waals surface area contributed by atoms with Gasteiger partial charge in [-0.15, -0.1) is 0 Å². The van der Waals surface area contributed by atoms with Crippen molar-refractivity contribution in [1.82, 2.24) is 14.9 Å². The summed E-state index contributed by atoms with van der Waals surface area (Å²) in [7, 11) is 1.28. The van der Waals surface area contributed by atoms with Gasteiger partial charge in [0.2, 0.25) is 5.91 Å². The van der Waals surface area contributed by atoms with Crippen molar-refractivity contribution in [2.24, 2.45) is 0 Å². The Labute approximate surface area is 132 Å². The molecule has 0 aliphatic carbocycles. The molecule has 1 fully saturated rings. The number of aromatic amines is 1. The molecule has 120 valence electrons. The molecule has 1 amide bonds. The Kier molecular flexibility index (Phi) is 5.59. The number of methoxy groups -OCH3 is 1. The second kappa shape index (κ2) is 7.44. The number of nitrogens with zero attached hydrogens (tertiary/aromatic N) is 2. The molecular formula is C14H19N3O4S. The highest BCUT2D eigenvalue weighted by molar-refractivity contribution is 8.00. The van der Waals surface area contributed by atoms with Crippen molar-refractivity contribution in [3.63, 3.8) is 0 Å². The van der Waals surface area contributed by atoms with Gasteiger partial charge in [0, 0.05) is 19.2 Å². The van der Waals surface area contributed by atoms with Gasteiger partial charge in [0.25, 0.3) is 5.56 Å². The molecule has 1 saturated heterocycles. The number of H-pyrrole nitrogens is 1. The third-order valence-electron chi connectivity index (χ3n) is 3.38. The SMILES string of the molecule is COC(=O)Cc1cc(=O)[nH]c(S[C@@H](C)C(=O)N2CCCC2)n1. The highest BCUT2D eigenvalue weighted by Gasteiger charge is 2.24. The third kappa shape index (κ3) is 4.33. The second-order valence-electron chi connectivity index (χ2n) is 5.09. The Morgan fingerprint density at radius 1 is 1.45 bits per heavy atom. The Hall–Kier alpha value is -1.83. The number of likely N-dealkylation sites (tertiary alicyclic amines) is 1. The van der Waals surface area contributed by atoms with Gasteiger partial charge in [-0.05, 0) is 19.8 Å². The largest absolute Gasteiger partial charge is 0.469 e. The zero-order chi connectivity index (χ0) is 16.1. The molecule has 1 aromatic heterocycles. The van der Waals surface area contributed by atoms with Gasteiger partial charge in [-0.2, -0.15) is 0 Å². The van der Waals surface area contributed by atoms with Gasteiger partial charge in [0.05, 0.1) is 24.5 Å². The highest BCUT2D eigenvalue weighted by atomic mass is 32.2. The normalized spacial score (nSPS) is 15.6. The van der Waals surface area contributed by atoms with E-state index in [1.165, 1.54) is 24.9 Å². The summed E-state index contributed by atoms with van der Waals surface area (Å²) in [6.45, 7) is 3.37. The number of carbonyl (C=O) groups is 2. The Bertz CT molecular complexity index is 610. The van der Waals surface area contributed by atoms with Gasteiger partial charge < -0.3 is 14.6 Å².